The molecule has 1 amide bonds. The minimum atomic E-state index is -0.719. The summed E-state index contributed by atoms with van der Waals surface area (Å²) in [6, 6.07) is 15.4. The maximum Gasteiger partial charge on any atom is 0.291 e. The highest BCUT2D eigenvalue weighted by Crippen LogP contribution is 2.42. The molecular weight excluding hydrogens is 518 g/mol. The van der Waals surface area contributed by atoms with Gasteiger partial charge in [-0.1, -0.05) is 42.5 Å². The monoisotopic (exact) mass is 545 g/mol. The quantitative estimate of drug-likeness (QED) is 0.224. The maximum atomic E-state index is 13.9. The van der Waals surface area contributed by atoms with Crippen LogP contribution in [0.3, 0.4) is 0 Å². The molecular formula is C31H28ClNO6. The van der Waals surface area contributed by atoms with Crippen LogP contribution in [0.1, 0.15) is 45.8 Å². The van der Waals surface area contributed by atoms with Crippen molar-refractivity contribution in [2.75, 3.05) is 20.3 Å². The Morgan fingerprint density at radius 3 is 2.51 bits per heavy atom. The predicted octanol–water partition coefficient (Wildman–Crippen LogP) is 6.47. The van der Waals surface area contributed by atoms with Gasteiger partial charge in [0.1, 0.15) is 17.9 Å². The van der Waals surface area contributed by atoms with Gasteiger partial charge in [-0.15, -0.1) is 0 Å². The van der Waals surface area contributed by atoms with Gasteiger partial charge < -0.3 is 23.5 Å². The number of halogens is 1. The minimum Gasteiger partial charge on any atom is -0.497 e. The lowest BCUT2D eigenvalue weighted by molar-refractivity contribution is 0.0714. The fourth-order valence-corrected chi connectivity index (χ4v) is 4.97. The molecule has 0 saturated carbocycles. The third kappa shape index (κ3) is 4.86. The highest BCUT2D eigenvalue weighted by molar-refractivity contribution is 6.32. The SMILES string of the molecule is C=CCOc1ccc(C2c3c(oc4cc(C)c(Cl)cc4c3=O)C(=O)N2Cc2ccc(OC)cc2)cc1OCC. The Morgan fingerprint density at radius 1 is 1.05 bits per heavy atom. The lowest BCUT2D eigenvalue weighted by atomic mass is 9.97. The van der Waals surface area contributed by atoms with Crippen molar-refractivity contribution in [1.82, 2.24) is 4.90 Å². The van der Waals surface area contributed by atoms with Gasteiger partial charge in [-0.05, 0) is 66.9 Å². The first-order chi connectivity index (χ1) is 18.9. The first kappa shape index (κ1) is 26.4. The summed E-state index contributed by atoms with van der Waals surface area (Å²) in [5.74, 6) is 1.41. The van der Waals surface area contributed by atoms with Crippen LogP contribution in [-0.2, 0) is 6.54 Å². The summed E-state index contributed by atoms with van der Waals surface area (Å²) in [5, 5.41) is 0.775. The van der Waals surface area contributed by atoms with Crippen molar-refractivity contribution in [2.24, 2.45) is 0 Å². The third-order valence-corrected chi connectivity index (χ3v) is 7.11. The molecule has 1 aliphatic rings. The summed E-state index contributed by atoms with van der Waals surface area (Å²) in [4.78, 5) is 29.4. The van der Waals surface area contributed by atoms with E-state index in [-0.39, 0.29) is 29.2 Å². The highest BCUT2D eigenvalue weighted by Gasteiger charge is 2.43. The lowest BCUT2D eigenvalue weighted by Gasteiger charge is -2.26. The fourth-order valence-electron chi connectivity index (χ4n) is 4.81. The molecule has 0 fully saturated rings. The van der Waals surface area contributed by atoms with Crippen LogP contribution in [0, 0.1) is 6.92 Å². The molecule has 0 N–H and O–H groups in total. The molecule has 200 valence electrons. The topological polar surface area (TPSA) is 78.2 Å². The zero-order valence-corrected chi connectivity index (χ0v) is 22.7. The van der Waals surface area contributed by atoms with Crippen molar-refractivity contribution in [3.05, 3.63) is 111 Å². The largest absolute Gasteiger partial charge is 0.497 e. The van der Waals surface area contributed by atoms with Crippen molar-refractivity contribution in [3.8, 4) is 17.2 Å². The Hall–Kier alpha value is -4.23. The Morgan fingerprint density at radius 2 is 1.82 bits per heavy atom. The van der Waals surface area contributed by atoms with Crippen molar-refractivity contribution in [3.63, 3.8) is 0 Å². The van der Waals surface area contributed by atoms with Gasteiger partial charge in [0.05, 0.1) is 30.7 Å². The molecule has 7 nitrogen and oxygen atoms in total. The van der Waals surface area contributed by atoms with Crippen LogP contribution in [0.4, 0.5) is 0 Å². The number of ether oxygens (including phenoxy) is 3. The third-order valence-electron chi connectivity index (χ3n) is 6.70. The second-order valence-corrected chi connectivity index (χ2v) is 9.60. The first-order valence-electron chi connectivity index (χ1n) is 12.6. The number of aryl methyl sites for hydroxylation is 1. The number of benzene rings is 3. The molecule has 8 heteroatoms. The molecule has 5 rings (SSSR count). The van der Waals surface area contributed by atoms with E-state index in [1.807, 2.05) is 50.2 Å². The number of nitrogens with zero attached hydrogens (tertiary/aromatic N) is 1. The average molecular weight is 546 g/mol. The molecule has 0 saturated heterocycles. The minimum absolute atomic E-state index is 0.0256. The second-order valence-electron chi connectivity index (χ2n) is 9.19. The van der Waals surface area contributed by atoms with E-state index in [0.717, 1.165) is 11.1 Å². The van der Waals surface area contributed by atoms with E-state index in [1.165, 1.54) is 0 Å². The molecule has 4 aromatic rings. The molecule has 1 atom stereocenters. The van der Waals surface area contributed by atoms with Crippen LogP contribution in [0.25, 0.3) is 11.0 Å². The Balaban J connectivity index is 1.69. The van der Waals surface area contributed by atoms with Crippen LogP contribution >= 0.6 is 11.6 Å². The van der Waals surface area contributed by atoms with Gasteiger partial charge in [0.25, 0.3) is 5.91 Å². The van der Waals surface area contributed by atoms with Gasteiger partial charge in [-0.3, -0.25) is 9.59 Å². The van der Waals surface area contributed by atoms with Crippen LogP contribution in [0.2, 0.25) is 5.02 Å². The molecule has 0 spiro atoms. The number of carbonyl (C=O) groups is 1. The van der Waals surface area contributed by atoms with Gasteiger partial charge in [0, 0.05) is 11.6 Å². The van der Waals surface area contributed by atoms with Crippen molar-refractivity contribution >= 4 is 28.5 Å². The van der Waals surface area contributed by atoms with E-state index >= 15 is 0 Å². The first-order valence-corrected chi connectivity index (χ1v) is 12.9. The van der Waals surface area contributed by atoms with E-state index in [0.29, 0.717) is 52.0 Å². The van der Waals surface area contributed by atoms with E-state index in [9.17, 15) is 9.59 Å². The zero-order valence-electron chi connectivity index (χ0n) is 22.0. The summed E-state index contributed by atoms with van der Waals surface area (Å²) in [5.41, 5.74) is 2.60. The normalized spacial score (nSPS) is 14.4. The number of rotatable bonds is 9. The number of hydrogen-bond acceptors (Lipinski definition) is 6. The lowest BCUT2D eigenvalue weighted by Crippen LogP contribution is -2.29. The molecule has 3 aromatic carbocycles. The van der Waals surface area contributed by atoms with Crippen LogP contribution in [-0.4, -0.2) is 31.1 Å². The van der Waals surface area contributed by atoms with Crippen molar-refractivity contribution in [2.45, 2.75) is 26.4 Å². The van der Waals surface area contributed by atoms with Gasteiger partial charge >= 0.3 is 0 Å². The van der Waals surface area contributed by atoms with Gasteiger partial charge in [-0.2, -0.15) is 0 Å². The maximum absolute atomic E-state index is 13.9. The van der Waals surface area contributed by atoms with Crippen LogP contribution < -0.4 is 19.6 Å². The number of fused-ring (bicyclic) bond motifs is 2. The Bertz CT molecular complexity index is 1630. The molecule has 0 radical (unpaired) electrons. The summed E-state index contributed by atoms with van der Waals surface area (Å²) in [6.45, 7) is 8.36. The van der Waals surface area contributed by atoms with E-state index in [4.69, 9.17) is 30.2 Å². The average Bonchev–Trinajstić information content (AvgIpc) is 3.21. The number of methoxy groups -OCH3 is 1. The number of amides is 1. The van der Waals surface area contributed by atoms with Gasteiger partial charge in [0.2, 0.25) is 5.76 Å². The highest BCUT2D eigenvalue weighted by atomic mass is 35.5. The van der Waals surface area contributed by atoms with Crippen molar-refractivity contribution < 1.29 is 23.4 Å². The molecule has 2 heterocycles. The number of carbonyl (C=O) groups excluding carboxylic acids is 1. The summed E-state index contributed by atoms with van der Waals surface area (Å²) in [6.07, 6.45) is 1.65. The van der Waals surface area contributed by atoms with Gasteiger partial charge in [0.15, 0.2) is 16.9 Å². The van der Waals surface area contributed by atoms with Crippen LogP contribution in [0.15, 0.2) is 76.5 Å². The summed E-state index contributed by atoms with van der Waals surface area (Å²) >= 11 is 6.36. The molecule has 1 unspecified atom stereocenters. The molecule has 1 aliphatic heterocycles. The standard InChI is InChI=1S/C31H28ClNO6/c1-5-13-38-24-12-9-20(15-26(24)37-6-2)28-27-29(34)22-16-23(32)18(3)14-25(22)39-30(27)31(35)33(28)17-19-7-10-21(36-4)11-8-19/h5,7-12,14-16,28H,1,6,13,17H2,2-4H3. The van der Waals surface area contributed by atoms with Crippen molar-refractivity contribution in [1.29, 1.82) is 0 Å². The van der Waals surface area contributed by atoms with Crippen LogP contribution in [0.5, 0.6) is 17.2 Å². The fraction of sp³-hybridized carbons (Fsp3) is 0.226. The van der Waals surface area contributed by atoms with Gasteiger partial charge in [-0.25, -0.2) is 0 Å². The molecule has 1 aromatic heterocycles. The Kier molecular flexibility index (Phi) is 7.35. The zero-order chi connectivity index (χ0) is 27.7. The predicted molar refractivity (Wildman–Crippen MR) is 150 cm³/mol. The van der Waals surface area contributed by atoms with E-state index in [1.54, 1.807) is 36.3 Å². The second kappa shape index (κ2) is 10.9. The smallest absolute Gasteiger partial charge is 0.291 e. The molecule has 0 bridgehead atoms. The summed E-state index contributed by atoms with van der Waals surface area (Å²) in [7, 11) is 1.60. The number of hydrogen-bond donors (Lipinski definition) is 0. The molecule has 39 heavy (non-hydrogen) atoms. The Labute approximate surface area is 231 Å². The van der Waals surface area contributed by atoms with E-state index < -0.39 is 6.04 Å². The van der Waals surface area contributed by atoms with E-state index in [2.05, 4.69) is 6.58 Å². The molecule has 0 aliphatic carbocycles. The summed E-state index contributed by atoms with van der Waals surface area (Å²) < 4.78 is 23.0.